The number of thiocarbonyl (C=S) groups is 1. The second-order valence-electron chi connectivity index (χ2n) is 1.14. The third-order valence-electron chi connectivity index (χ3n) is 0.421. The zero-order valence-corrected chi connectivity index (χ0v) is 4.51. The summed E-state index contributed by atoms with van der Waals surface area (Å²) < 4.78 is 0. The van der Waals surface area contributed by atoms with E-state index in [9.17, 15) is 0 Å². The van der Waals surface area contributed by atoms with Gasteiger partial charge in [0.15, 0.2) is 0 Å². The van der Waals surface area contributed by atoms with Crippen LogP contribution in [0.3, 0.4) is 0 Å². The Balaban J connectivity index is 3.57. The first kappa shape index (κ1) is 5.63. The Labute approximate surface area is 42.8 Å². The van der Waals surface area contributed by atoms with Gasteiger partial charge in [0.2, 0.25) is 0 Å². The van der Waals surface area contributed by atoms with Crippen molar-refractivity contribution >= 4 is 17.2 Å². The van der Waals surface area contributed by atoms with Crippen molar-refractivity contribution in [2.24, 2.45) is 5.73 Å². The fraction of sp³-hybridized carbons (Fsp3) is 0.250. The van der Waals surface area contributed by atoms with Crippen molar-refractivity contribution in [3.8, 4) is 0 Å². The molecule has 0 unspecified atom stereocenters. The van der Waals surface area contributed by atoms with Crippen molar-refractivity contribution in [1.29, 1.82) is 0 Å². The van der Waals surface area contributed by atoms with Crippen LogP contribution in [0, 0.1) is 0 Å². The highest BCUT2D eigenvalue weighted by Crippen LogP contribution is 1.82. The Morgan fingerprint density at radius 2 is 2.00 bits per heavy atom. The van der Waals surface area contributed by atoms with Gasteiger partial charge < -0.3 is 5.73 Å². The number of rotatable bonds is 1. The van der Waals surface area contributed by atoms with Gasteiger partial charge in [0, 0.05) is 0 Å². The van der Waals surface area contributed by atoms with Gasteiger partial charge in [0.1, 0.15) is 0 Å². The smallest absolute Gasteiger partial charge is 0.0985 e. The summed E-state index contributed by atoms with van der Waals surface area (Å²) in [7, 11) is 0. The summed E-state index contributed by atoms with van der Waals surface area (Å²) in [5.74, 6) is 0. The van der Waals surface area contributed by atoms with Crippen LogP contribution in [0.15, 0.2) is 12.2 Å². The van der Waals surface area contributed by atoms with Crippen molar-refractivity contribution in [2.45, 2.75) is 6.92 Å². The summed E-state index contributed by atoms with van der Waals surface area (Å²) in [4.78, 5) is 0.398. The minimum absolute atomic E-state index is 0.398. The van der Waals surface area contributed by atoms with Crippen LogP contribution in [-0.2, 0) is 0 Å². The fourth-order valence-electron chi connectivity index (χ4n) is 0. The summed E-state index contributed by atoms with van der Waals surface area (Å²) in [5, 5.41) is 0. The monoisotopic (exact) mass is 101 g/mol. The van der Waals surface area contributed by atoms with Crippen LogP contribution in [0.4, 0.5) is 0 Å². The maximum absolute atomic E-state index is 5.07. The van der Waals surface area contributed by atoms with Crippen LogP contribution in [-0.4, -0.2) is 4.99 Å². The lowest BCUT2D eigenvalue weighted by Gasteiger charge is -1.86. The Kier molecular flexibility index (Phi) is 1.81. The maximum atomic E-state index is 5.07. The van der Waals surface area contributed by atoms with Crippen molar-refractivity contribution in [3.05, 3.63) is 12.2 Å². The van der Waals surface area contributed by atoms with E-state index in [4.69, 9.17) is 5.73 Å². The quantitative estimate of drug-likeness (QED) is 0.391. The van der Waals surface area contributed by atoms with E-state index in [1.54, 1.807) is 6.92 Å². The lowest BCUT2D eigenvalue weighted by molar-refractivity contribution is 1.60. The minimum Gasteiger partial charge on any atom is -0.390 e. The molecule has 0 aliphatic carbocycles. The molecule has 6 heavy (non-hydrogen) atoms. The minimum atomic E-state index is 0.398. The van der Waals surface area contributed by atoms with Crippen LogP contribution in [0.25, 0.3) is 0 Å². The SMILES string of the molecule is C=C(C)C(N)=S. The molecule has 0 aromatic carbocycles. The molecule has 0 fully saturated rings. The van der Waals surface area contributed by atoms with Crippen LogP contribution in [0.1, 0.15) is 6.92 Å². The predicted molar refractivity (Wildman–Crippen MR) is 31.6 cm³/mol. The van der Waals surface area contributed by atoms with E-state index in [1.165, 1.54) is 0 Å². The maximum Gasteiger partial charge on any atom is 0.0985 e. The molecule has 1 nitrogen and oxygen atoms in total. The number of nitrogens with two attached hydrogens (primary N) is 1. The predicted octanol–water partition coefficient (Wildman–Crippen LogP) is 0.849. The van der Waals surface area contributed by atoms with Crippen molar-refractivity contribution in [2.75, 3.05) is 0 Å². The molecule has 34 valence electrons. The number of hydrogen-bond acceptors (Lipinski definition) is 1. The lowest BCUT2D eigenvalue weighted by atomic mass is 10.4. The summed E-state index contributed by atoms with van der Waals surface area (Å²) in [5.41, 5.74) is 5.84. The van der Waals surface area contributed by atoms with E-state index < -0.39 is 0 Å². The Hall–Kier alpha value is -0.370. The first-order chi connectivity index (χ1) is 2.64. The van der Waals surface area contributed by atoms with Gasteiger partial charge in [-0.1, -0.05) is 18.8 Å². The molecule has 0 aromatic rings. The zero-order chi connectivity index (χ0) is 5.15. The van der Waals surface area contributed by atoms with Gasteiger partial charge in [-0.25, -0.2) is 0 Å². The van der Waals surface area contributed by atoms with Gasteiger partial charge in [-0.2, -0.15) is 0 Å². The van der Waals surface area contributed by atoms with Gasteiger partial charge in [-0.3, -0.25) is 0 Å². The van der Waals surface area contributed by atoms with Crippen molar-refractivity contribution in [3.63, 3.8) is 0 Å². The van der Waals surface area contributed by atoms with E-state index in [0.717, 1.165) is 5.57 Å². The second-order valence-corrected chi connectivity index (χ2v) is 1.58. The highest BCUT2D eigenvalue weighted by atomic mass is 32.1. The average molecular weight is 101 g/mol. The summed E-state index contributed by atoms with van der Waals surface area (Å²) in [6.45, 7) is 5.27. The van der Waals surface area contributed by atoms with Gasteiger partial charge in [0.05, 0.1) is 4.99 Å². The Bertz CT molecular complexity index is 73.5. The highest BCUT2D eigenvalue weighted by molar-refractivity contribution is 7.80. The molecule has 0 saturated carbocycles. The molecule has 0 spiro atoms. The van der Waals surface area contributed by atoms with Gasteiger partial charge in [-0.15, -0.1) is 0 Å². The third-order valence-corrected chi connectivity index (χ3v) is 0.769. The molecular weight excluding hydrogens is 94.1 g/mol. The van der Waals surface area contributed by atoms with Crippen molar-refractivity contribution < 1.29 is 0 Å². The largest absolute Gasteiger partial charge is 0.390 e. The first-order valence-corrected chi connectivity index (χ1v) is 2.00. The van der Waals surface area contributed by atoms with Gasteiger partial charge >= 0.3 is 0 Å². The molecule has 0 aliphatic rings. The molecule has 0 bridgehead atoms. The summed E-state index contributed by atoms with van der Waals surface area (Å²) in [6.07, 6.45) is 0. The molecule has 0 amide bonds. The number of hydrogen-bond donors (Lipinski definition) is 1. The molecular formula is C4H7NS. The van der Waals surface area contributed by atoms with Gasteiger partial charge in [0.25, 0.3) is 0 Å². The first-order valence-electron chi connectivity index (χ1n) is 1.60. The molecule has 0 aromatic heterocycles. The standard InChI is InChI=1S/C4H7NS/c1-3(2)4(5)6/h1H2,2H3,(H2,5,6). The third kappa shape index (κ3) is 1.91. The summed E-state index contributed by atoms with van der Waals surface area (Å²) in [6, 6.07) is 0. The van der Waals surface area contributed by atoms with E-state index >= 15 is 0 Å². The lowest BCUT2D eigenvalue weighted by Crippen LogP contribution is -2.07. The molecule has 0 saturated heterocycles. The van der Waals surface area contributed by atoms with Crippen LogP contribution >= 0.6 is 12.2 Å². The molecule has 0 atom stereocenters. The van der Waals surface area contributed by atoms with Gasteiger partial charge in [-0.05, 0) is 12.5 Å². The normalized spacial score (nSPS) is 7.50. The Morgan fingerprint density at radius 3 is 2.00 bits per heavy atom. The topological polar surface area (TPSA) is 26.0 Å². The average Bonchev–Trinajstić information content (AvgIpc) is 1.36. The van der Waals surface area contributed by atoms with Crippen LogP contribution < -0.4 is 5.73 Å². The van der Waals surface area contributed by atoms with Crippen LogP contribution in [0.5, 0.6) is 0 Å². The molecule has 2 heteroatoms. The molecule has 0 aliphatic heterocycles. The van der Waals surface area contributed by atoms with E-state index in [0.29, 0.717) is 4.99 Å². The molecule has 2 N–H and O–H groups in total. The molecule has 0 radical (unpaired) electrons. The van der Waals surface area contributed by atoms with E-state index in [1.807, 2.05) is 0 Å². The molecule has 0 heterocycles. The highest BCUT2D eigenvalue weighted by Gasteiger charge is 1.81. The second kappa shape index (κ2) is 1.92. The Morgan fingerprint density at radius 1 is 1.83 bits per heavy atom. The zero-order valence-electron chi connectivity index (χ0n) is 3.69. The van der Waals surface area contributed by atoms with E-state index in [-0.39, 0.29) is 0 Å². The molecule has 0 rings (SSSR count). The summed E-state index contributed by atoms with van der Waals surface area (Å²) >= 11 is 4.50. The van der Waals surface area contributed by atoms with E-state index in [2.05, 4.69) is 18.8 Å². The fourth-order valence-corrected chi connectivity index (χ4v) is 0. The van der Waals surface area contributed by atoms with Crippen LogP contribution in [0.2, 0.25) is 0 Å². The van der Waals surface area contributed by atoms with Crippen molar-refractivity contribution in [1.82, 2.24) is 0 Å².